The van der Waals surface area contributed by atoms with Crippen LogP contribution in [-0.2, 0) is 14.4 Å². The minimum absolute atomic E-state index is 0.0978. The molecule has 0 saturated carbocycles. The molecular formula is C8H9NO3S. The zero-order valence-electron chi connectivity index (χ0n) is 7.04. The van der Waals surface area contributed by atoms with Gasteiger partial charge < -0.3 is 0 Å². The van der Waals surface area contributed by atoms with Gasteiger partial charge in [-0.3, -0.25) is 4.28 Å². The molecule has 0 fully saturated rings. The average molecular weight is 199 g/mol. The zero-order valence-corrected chi connectivity index (χ0v) is 7.86. The van der Waals surface area contributed by atoms with Crippen LogP contribution in [0.1, 0.15) is 6.92 Å². The van der Waals surface area contributed by atoms with Crippen LogP contribution in [-0.4, -0.2) is 14.6 Å². The summed E-state index contributed by atoms with van der Waals surface area (Å²) in [5, 5.41) is 3.21. The van der Waals surface area contributed by atoms with Crippen LogP contribution in [0.4, 0.5) is 0 Å². The Morgan fingerprint density at radius 1 is 1.31 bits per heavy atom. The number of nitrogens with zero attached hydrogens (tertiary/aromatic N) is 1. The molecule has 0 unspecified atom stereocenters. The summed E-state index contributed by atoms with van der Waals surface area (Å²) >= 11 is 0. The lowest BCUT2D eigenvalue weighted by molar-refractivity contribution is 0.340. The van der Waals surface area contributed by atoms with Gasteiger partial charge in [0.25, 0.3) is 0 Å². The number of hydrogen-bond donors (Lipinski definition) is 0. The van der Waals surface area contributed by atoms with Gasteiger partial charge in [-0.2, -0.15) is 8.42 Å². The molecule has 0 aliphatic carbocycles. The third-order valence-electron chi connectivity index (χ3n) is 1.28. The second kappa shape index (κ2) is 4.04. The van der Waals surface area contributed by atoms with E-state index in [-0.39, 0.29) is 4.90 Å². The van der Waals surface area contributed by atoms with Gasteiger partial charge in [0.1, 0.15) is 4.90 Å². The minimum atomic E-state index is -3.72. The average Bonchev–Trinajstić information content (AvgIpc) is 2.16. The fourth-order valence-electron chi connectivity index (χ4n) is 0.730. The summed E-state index contributed by atoms with van der Waals surface area (Å²) in [6, 6.07) is 7.85. The van der Waals surface area contributed by atoms with Crippen molar-refractivity contribution < 1.29 is 12.7 Å². The fourth-order valence-corrected chi connectivity index (χ4v) is 1.51. The first-order valence-electron chi connectivity index (χ1n) is 3.63. The highest BCUT2D eigenvalue weighted by molar-refractivity contribution is 7.86. The van der Waals surface area contributed by atoms with Crippen molar-refractivity contribution in [2.75, 3.05) is 0 Å². The third-order valence-corrected chi connectivity index (χ3v) is 2.41. The Morgan fingerprint density at radius 2 is 1.92 bits per heavy atom. The standard InChI is InChI=1S/C8H9NO3S/c1-2-9-12-13(10,11)8-6-4-3-5-7-8/h2-7H,1H3/b9-2-. The van der Waals surface area contributed by atoms with E-state index in [0.29, 0.717) is 0 Å². The Hall–Kier alpha value is -1.36. The van der Waals surface area contributed by atoms with Crippen molar-refractivity contribution in [2.45, 2.75) is 11.8 Å². The number of benzene rings is 1. The van der Waals surface area contributed by atoms with Crippen molar-refractivity contribution in [1.29, 1.82) is 0 Å². The topological polar surface area (TPSA) is 55.7 Å². The van der Waals surface area contributed by atoms with Gasteiger partial charge in [0.15, 0.2) is 0 Å². The lowest BCUT2D eigenvalue weighted by Gasteiger charge is -1.99. The van der Waals surface area contributed by atoms with Crippen molar-refractivity contribution >= 4 is 16.3 Å². The number of rotatable bonds is 3. The molecule has 0 saturated heterocycles. The molecule has 0 amide bonds. The van der Waals surface area contributed by atoms with Crippen molar-refractivity contribution in [3.63, 3.8) is 0 Å². The molecule has 1 rings (SSSR count). The smallest absolute Gasteiger partial charge is 0.265 e. The molecule has 5 heteroatoms. The fraction of sp³-hybridized carbons (Fsp3) is 0.125. The van der Waals surface area contributed by atoms with E-state index in [1.165, 1.54) is 18.3 Å². The molecule has 0 spiro atoms. The Labute approximate surface area is 77.0 Å². The van der Waals surface area contributed by atoms with E-state index in [4.69, 9.17) is 0 Å². The van der Waals surface area contributed by atoms with Gasteiger partial charge in [0, 0.05) is 6.21 Å². The summed E-state index contributed by atoms with van der Waals surface area (Å²) in [5.74, 6) is 0. The Bertz CT molecular complexity index is 383. The summed E-state index contributed by atoms with van der Waals surface area (Å²) in [7, 11) is -3.72. The molecule has 1 aromatic rings. The first-order chi connectivity index (χ1) is 6.17. The van der Waals surface area contributed by atoms with Crippen LogP contribution in [0, 0.1) is 0 Å². The second-order valence-electron chi connectivity index (χ2n) is 2.21. The predicted octanol–water partition coefficient (Wildman–Crippen LogP) is 1.40. The molecule has 1 aromatic carbocycles. The summed E-state index contributed by atoms with van der Waals surface area (Å²) in [5.41, 5.74) is 0. The van der Waals surface area contributed by atoms with E-state index in [1.807, 2.05) is 0 Å². The van der Waals surface area contributed by atoms with E-state index >= 15 is 0 Å². The molecule has 0 bridgehead atoms. The van der Waals surface area contributed by atoms with Gasteiger partial charge in [-0.05, 0) is 19.1 Å². The highest BCUT2D eigenvalue weighted by atomic mass is 32.2. The number of hydrogen-bond acceptors (Lipinski definition) is 4. The maximum atomic E-state index is 11.3. The van der Waals surface area contributed by atoms with Crippen LogP contribution in [0.2, 0.25) is 0 Å². The van der Waals surface area contributed by atoms with Gasteiger partial charge in [-0.15, -0.1) is 0 Å². The normalized spacial score (nSPS) is 11.8. The van der Waals surface area contributed by atoms with Gasteiger partial charge in [-0.25, -0.2) is 0 Å². The van der Waals surface area contributed by atoms with Crippen LogP contribution in [0.5, 0.6) is 0 Å². The van der Waals surface area contributed by atoms with Crippen molar-refractivity contribution in [2.24, 2.45) is 5.16 Å². The van der Waals surface area contributed by atoms with Gasteiger partial charge in [0.2, 0.25) is 0 Å². The molecular weight excluding hydrogens is 190 g/mol. The molecule has 0 aromatic heterocycles. The Morgan fingerprint density at radius 3 is 2.46 bits per heavy atom. The van der Waals surface area contributed by atoms with E-state index in [9.17, 15) is 8.42 Å². The summed E-state index contributed by atoms with van der Waals surface area (Å²) in [4.78, 5) is 0.0978. The van der Waals surface area contributed by atoms with Crippen molar-refractivity contribution in [3.05, 3.63) is 30.3 Å². The summed E-state index contributed by atoms with van der Waals surface area (Å²) < 4.78 is 26.8. The molecule has 4 nitrogen and oxygen atoms in total. The first-order valence-corrected chi connectivity index (χ1v) is 5.04. The molecule has 0 heterocycles. The largest absolute Gasteiger partial charge is 0.358 e. The zero-order chi connectivity index (χ0) is 9.73. The van der Waals surface area contributed by atoms with Crippen LogP contribution in [0.25, 0.3) is 0 Å². The molecule has 0 radical (unpaired) electrons. The van der Waals surface area contributed by atoms with Gasteiger partial charge in [-0.1, -0.05) is 23.4 Å². The van der Waals surface area contributed by atoms with Crippen LogP contribution in [0.15, 0.2) is 40.4 Å². The Balaban J connectivity index is 2.95. The second-order valence-corrected chi connectivity index (χ2v) is 3.73. The van der Waals surface area contributed by atoms with E-state index in [1.54, 1.807) is 25.1 Å². The molecule has 0 N–H and O–H groups in total. The van der Waals surface area contributed by atoms with Crippen molar-refractivity contribution in [1.82, 2.24) is 0 Å². The molecule has 70 valence electrons. The molecule has 0 aliphatic heterocycles. The third kappa shape index (κ3) is 2.55. The molecule has 13 heavy (non-hydrogen) atoms. The van der Waals surface area contributed by atoms with Crippen LogP contribution < -0.4 is 0 Å². The minimum Gasteiger partial charge on any atom is -0.265 e. The quantitative estimate of drug-likeness (QED) is 0.546. The van der Waals surface area contributed by atoms with Crippen molar-refractivity contribution in [3.8, 4) is 0 Å². The lowest BCUT2D eigenvalue weighted by atomic mass is 10.4. The highest BCUT2D eigenvalue weighted by Gasteiger charge is 2.13. The van der Waals surface area contributed by atoms with E-state index < -0.39 is 10.1 Å². The highest BCUT2D eigenvalue weighted by Crippen LogP contribution is 2.10. The van der Waals surface area contributed by atoms with E-state index in [0.717, 1.165) is 0 Å². The first kappa shape index (κ1) is 9.73. The van der Waals surface area contributed by atoms with Crippen LogP contribution >= 0.6 is 0 Å². The maximum Gasteiger partial charge on any atom is 0.358 e. The molecule has 0 aliphatic rings. The SMILES string of the molecule is C/C=N\OS(=O)(=O)c1ccccc1. The van der Waals surface area contributed by atoms with Gasteiger partial charge >= 0.3 is 10.1 Å². The van der Waals surface area contributed by atoms with Crippen LogP contribution in [0.3, 0.4) is 0 Å². The van der Waals surface area contributed by atoms with E-state index in [2.05, 4.69) is 9.44 Å². The van der Waals surface area contributed by atoms with Gasteiger partial charge in [0.05, 0.1) is 0 Å². The molecule has 0 atom stereocenters. The number of oxime groups is 1. The predicted molar refractivity (Wildman–Crippen MR) is 48.9 cm³/mol. The lowest BCUT2D eigenvalue weighted by Crippen LogP contribution is -2.01. The summed E-state index contributed by atoms with van der Waals surface area (Å²) in [6.45, 7) is 1.57. The Kier molecular flexibility index (Phi) is 3.02. The monoisotopic (exact) mass is 199 g/mol. The maximum absolute atomic E-state index is 11.3. The summed E-state index contributed by atoms with van der Waals surface area (Å²) in [6.07, 6.45) is 1.26.